The number of halogens is 1. The highest BCUT2D eigenvalue weighted by Crippen LogP contribution is 2.22. The van der Waals surface area contributed by atoms with Crippen LogP contribution in [0.4, 0.5) is 0 Å². The van der Waals surface area contributed by atoms with Gasteiger partial charge in [0.25, 0.3) is 11.8 Å². The van der Waals surface area contributed by atoms with Gasteiger partial charge in [0.15, 0.2) is 0 Å². The van der Waals surface area contributed by atoms with Gasteiger partial charge >= 0.3 is 0 Å². The Bertz CT molecular complexity index is 957. The van der Waals surface area contributed by atoms with Crippen molar-refractivity contribution >= 4 is 23.4 Å². The first kappa shape index (κ1) is 19.6. The van der Waals surface area contributed by atoms with Crippen LogP contribution in [0, 0.1) is 13.8 Å². The van der Waals surface area contributed by atoms with E-state index < -0.39 is 6.17 Å². The summed E-state index contributed by atoms with van der Waals surface area (Å²) < 4.78 is 0. The fourth-order valence-electron chi connectivity index (χ4n) is 2.97. The highest BCUT2D eigenvalue weighted by Gasteiger charge is 2.22. The molecule has 5 heteroatoms. The standard InChI is InChI=1S/C23H21ClN2O2/c1-15-9-3-5-11-17(15)22(27)25-21(19-13-7-8-14-20(19)24)26-23(28)18-12-6-4-10-16(18)2/h3-14,21H,1-2H3,(H,25,27)(H,26,28). The van der Waals surface area contributed by atoms with Crippen molar-refractivity contribution in [3.63, 3.8) is 0 Å². The van der Waals surface area contributed by atoms with Crippen molar-refractivity contribution in [3.05, 3.63) is 106 Å². The van der Waals surface area contributed by atoms with Crippen LogP contribution >= 0.6 is 11.6 Å². The molecular formula is C23H21ClN2O2. The molecule has 0 aliphatic heterocycles. The summed E-state index contributed by atoms with van der Waals surface area (Å²) >= 11 is 6.34. The van der Waals surface area contributed by atoms with Gasteiger partial charge in [-0.15, -0.1) is 0 Å². The average molecular weight is 393 g/mol. The van der Waals surface area contributed by atoms with E-state index in [4.69, 9.17) is 11.6 Å². The normalized spacial score (nSPS) is 10.6. The fourth-order valence-corrected chi connectivity index (χ4v) is 3.22. The van der Waals surface area contributed by atoms with Gasteiger partial charge in [0.2, 0.25) is 0 Å². The van der Waals surface area contributed by atoms with Gasteiger partial charge < -0.3 is 10.6 Å². The molecule has 0 unspecified atom stereocenters. The van der Waals surface area contributed by atoms with Crippen molar-refractivity contribution in [1.29, 1.82) is 0 Å². The summed E-state index contributed by atoms with van der Waals surface area (Å²) in [5.74, 6) is -0.568. The van der Waals surface area contributed by atoms with Gasteiger partial charge in [-0.3, -0.25) is 9.59 Å². The van der Waals surface area contributed by atoms with Gasteiger partial charge in [-0.25, -0.2) is 0 Å². The summed E-state index contributed by atoms with van der Waals surface area (Å²) in [5.41, 5.74) is 3.41. The van der Waals surface area contributed by atoms with Crippen LogP contribution in [0.2, 0.25) is 5.02 Å². The molecule has 142 valence electrons. The summed E-state index contributed by atoms with van der Waals surface area (Å²) in [7, 11) is 0. The maximum atomic E-state index is 12.8. The largest absolute Gasteiger partial charge is 0.328 e. The molecule has 28 heavy (non-hydrogen) atoms. The second kappa shape index (κ2) is 8.72. The minimum atomic E-state index is -0.770. The third-order valence-electron chi connectivity index (χ3n) is 4.55. The Hall–Kier alpha value is -3.11. The Morgan fingerprint density at radius 2 is 1.14 bits per heavy atom. The maximum absolute atomic E-state index is 12.8. The number of carbonyl (C=O) groups is 2. The summed E-state index contributed by atoms with van der Waals surface area (Å²) in [6.45, 7) is 3.73. The van der Waals surface area contributed by atoms with E-state index >= 15 is 0 Å². The molecule has 2 amide bonds. The number of benzene rings is 3. The lowest BCUT2D eigenvalue weighted by Gasteiger charge is -2.22. The zero-order valence-electron chi connectivity index (χ0n) is 15.7. The molecule has 0 saturated heterocycles. The zero-order valence-corrected chi connectivity index (χ0v) is 16.5. The Balaban J connectivity index is 1.91. The minimum Gasteiger partial charge on any atom is -0.328 e. The van der Waals surface area contributed by atoms with Crippen LogP contribution in [0.3, 0.4) is 0 Å². The molecule has 0 aliphatic rings. The van der Waals surface area contributed by atoms with Crippen molar-refractivity contribution in [2.45, 2.75) is 20.0 Å². The predicted octanol–water partition coefficient (Wildman–Crippen LogP) is 4.82. The number of rotatable bonds is 5. The van der Waals surface area contributed by atoms with E-state index in [0.717, 1.165) is 11.1 Å². The number of amides is 2. The smallest absolute Gasteiger partial charge is 0.253 e. The summed E-state index contributed by atoms with van der Waals surface area (Å²) in [6.07, 6.45) is -0.770. The lowest BCUT2D eigenvalue weighted by atomic mass is 10.1. The molecule has 0 radical (unpaired) electrons. The third kappa shape index (κ3) is 4.41. The second-order valence-corrected chi connectivity index (χ2v) is 6.94. The Morgan fingerprint density at radius 3 is 1.61 bits per heavy atom. The van der Waals surface area contributed by atoms with E-state index in [0.29, 0.717) is 21.7 Å². The lowest BCUT2D eigenvalue weighted by molar-refractivity contribution is 0.0883. The van der Waals surface area contributed by atoms with Crippen LogP contribution in [0.1, 0.15) is 43.6 Å². The van der Waals surface area contributed by atoms with Crippen molar-refractivity contribution in [3.8, 4) is 0 Å². The average Bonchev–Trinajstić information content (AvgIpc) is 2.68. The van der Waals surface area contributed by atoms with Crippen LogP contribution in [0.25, 0.3) is 0 Å². The van der Waals surface area contributed by atoms with Gasteiger partial charge in [0.1, 0.15) is 6.17 Å². The van der Waals surface area contributed by atoms with Crippen molar-refractivity contribution in [2.75, 3.05) is 0 Å². The summed E-state index contributed by atoms with van der Waals surface area (Å²) in [6, 6.07) is 21.7. The summed E-state index contributed by atoms with van der Waals surface area (Å²) in [5, 5.41) is 6.25. The molecule has 0 saturated carbocycles. The van der Waals surface area contributed by atoms with E-state index in [-0.39, 0.29) is 11.8 Å². The maximum Gasteiger partial charge on any atom is 0.253 e. The second-order valence-electron chi connectivity index (χ2n) is 6.53. The first-order valence-corrected chi connectivity index (χ1v) is 9.32. The van der Waals surface area contributed by atoms with Crippen LogP contribution in [-0.4, -0.2) is 11.8 Å². The van der Waals surface area contributed by atoms with E-state index in [2.05, 4.69) is 10.6 Å². The van der Waals surface area contributed by atoms with Gasteiger partial charge in [0, 0.05) is 21.7 Å². The van der Waals surface area contributed by atoms with Gasteiger partial charge in [-0.05, 0) is 43.2 Å². The highest BCUT2D eigenvalue weighted by molar-refractivity contribution is 6.31. The van der Waals surface area contributed by atoms with Gasteiger partial charge in [0.05, 0.1) is 0 Å². The quantitative estimate of drug-likeness (QED) is 0.612. The Kier molecular flexibility index (Phi) is 6.12. The van der Waals surface area contributed by atoms with E-state index in [1.165, 1.54) is 0 Å². The molecule has 0 heterocycles. The molecule has 3 aromatic rings. The number of carbonyl (C=O) groups excluding carboxylic acids is 2. The monoisotopic (exact) mass is 392 g/mol. The van der Waals surface area contributed by atoms with Crippen LogP contribution in [0.15, 0.2) is 72.8 Å². The molecule has 0 spiro atoms. The van der Waals surface area contributed by atoms with Gasteiger partial charge in [-0.2, -0.15) is 0 Å². The lowest BCUT2D eigenvalue weighted by Crippen LogP contribution is -2.41. The molecule has 2 N–H and O–H groups in total. The molecule has 0 aromatic heterocycles. The number of nitrogens with one attached hydrogen (secondary N) is 2. The number of aryl methyl sites for hydroxylation is 2. The Labute approximate surface area is 169 Å². The van der Waals surface area contributed by atoms with Crippen LogP contribution < -0.4 is 10.6 Å². The number of hydrogen-bond donors (Lipinski definition) is 2. The SMILES string of the molecule is Cc1ccccc1C(=O)NC(NC(=O)c1ccccc1C)c1ccccc1Cl. The first-order chi connectivity index (χ1) is 13.5. The number of hydrogen-bond acceptors (Lipinski definition) is 2. The third-order valence-corrected chi connectivity index (χ3v) is 4.89. The molecule has 4 nitrogen and oxygen atoms in total. The predicted molar refractivity (Wildman–Crippen MR) is 111 cm³/mol. The molecule has 3 rings (SSSR count). The molecule has 0 aliphatic carbocycles. The van der Waals surface area contributed by atoms with Crippen molar-refractivity contribution in [2.24, 2.45) is 0 Å². The van der Waals surface area contributed by atoms with Crippen LogP contribution in [-0.2, 0) is 0 Å². The fraction of sp³-hybridized carbons (Fsp3) is 0.130. The molecule has 3 aromatic carbocycles. The summed E-state index contributed by atoms with van der Waals surface area (Å²) in [4.78, 5) is 25.7. The highest BCUT2D eigenvalue weighted by atomic mass is 35.5. The Morgan fingerprint density at radius 1 is 0.714 bits per heavy atom. The minimum absolute atomic E-state index is 0.284. The van der Waals surface area contributed by atoms with Crippen molar-refractivity contribution in [1.82, 2.24) is 10.6 Å². The van der Waals surface area contributed by atoms with Gasteiger partial charge in [-0.1, -0.05) is 66.2 Å². The van der Waals surface area contributed by atoms with E-state index in [1.807, 2.05) is 44.2 Å². The van der Waals surface area contributed by atoms with E-state index in [1.54, 1.807) is 42.5 Å². The molecular weight excluding hydrogens is 372 g/mol. The topological polar surface area (TPSA) is 58.2 Å². The molecule has 0 bridgehead atoms. The first-order valence-electron chi connectivity index (χ1n) is 8.95. The van der Waals surface area contributed by atoms with E-state index in [9.17, 15) is 9.59 Å². The van der Waals surface area contributed by atoms with Crippen molar-refractivity contribution < 1.29 is 9.59 Å². The molecule has 0 fully saturated rings. The molecule has 0 atom stereocenters. The van der Waals surface area contributed by atoms with Crippen LogP contribution in [0.5, 0.6) is 0 Å². The zero-order chi connectivity index (χ0) is 20.1.